The number of rotatable bonds is 2. The Hall–Kier alpha value is -0.991. The molecule has 3 nitrogen and oxygen atoms in total. The van der Waals surface area contributed by atoms with Gasteiger partial charge in [-0.1, -0.05) is 19.3 Å². The normalized spacial score (nSPS) is 16.1. The van der Waals surface area contributed by atoms with Gasteiger partial charge in [0.05, 0.1) is 5.82 Å². The minimum Gasteiger partial charge on any atom is -0.283 e. The van der Waals surface area contributed by atoms with Crippen LogP contribution in [0.25, 0.3) is 11.4 Å². The van der Waals surface area contributed by atoms with Gasteiger partial charge in [-0.15, -0.1) is 35.9 Å². The zero-order chi connectivity index (χ0) is 12.4. The first-order valence-electron chi connectivity index (χ1n) is 6.75. The summed E-state index contributed by atoms with van der Waals surface area (Å²) < 4.78 is 2.13. The summed E-state index contributed by atoms with van der Waals surface area (Å²) >= 11 is 0. The van der Waals surface area contributed by atoms with Crippen LogP contribution >= 0.6 is 0 Å². The van der Waals surface area contributed by atoms with Crippen molar-refractivity contribution in [3.63, 3.8) is 0 Å². The predicted molar refractivity (Wildman–Crippen MR) is 71.2 cm³/mol. The Kier molecular flexibility index (Phi) is 4.89. The number of hydrogen-bond acceptors (Lipinski definition) is 2. The molecule has 1 aliphatic rings. The van der Waals surface area contributed by atoms with Crippen molar-refractivity contribution in [1.29, 1.82) is 0 Å². The fraction of sp³-hybridized carbons (Fsp3) is 0.467. The maximum Gasteiger partial charge on any atom is 0.137 e. The smallest absolute Gasteiger partial charge is 0.137 e. The van der Waals surface area contributed by atoms with Crippen molar-refractivity contribution in [2.75, 3.05) is 0 Å². The summed E-state index contributed by atoms with van der Waals surface area (Å²) in [5.41, 5.74) is 1.05. The van der Waals surface area contributed by atoms with Gasteiger partial charge in [-0.05, 0) is 19.8 Å². The van der Waals surface area contributed by atoms with E-state index in [1.54, 1.807) is 0 Å². The molecule has 1 aliphatic carbocycles. The van der Waals surface area contributed by atoms with Crippen LogP contribution in [0, 0.1) is 13.0 Å². The van der Waals surface area contributed by atoms with Gasteiger partial charge < -0.3 is 0 Å². The SMILES string of the molecule is Cc1nc(-c2[c-]cccc2)n(C2CCCCC2)n1.[Ir]. The first kappa shape index (κ1) is 14.4. The van der Waals surface area contributed by atoms with E-state index >= 15 is 0 Å². The number of benzene rings is 1. The van der Waals surface area contributed by atoms with Crippen LogP contribution in [0.15, 0.2) is 24.3 Å². The van der Waals surface area contributed by atoms with Crippen LogP contribution in [0.4, 0.5) is 0 Å². The first-order valence-corrected chi connectivity index (χ1v) is 6.75. The van der Waals surface area contributed by atoms with Crippen LogP contribution in [0.2, 0.25) is 0 Å². The zero-order valence-electron chi connectivity index (χ0n) is 11.1. The monoisotopic (exact) mass is 433 g/mol. The second-order valence-corrected chi connectivity index (χ2v) is 5.00. The topological polar surface area (TPSA) is 30.7 Å². The average molecular weight is 433 g/mol. The van der Waals surface area contributed by atoms with E-state index in [0.29, 0.717) is 6.04 Å². The van der Waals surface area contributed by atoms with Gasteiger partial charge in [0.1, 0.15) is 5.82 Å². The molecule has 0 N–H and O–H groups in total. The van der Waals surface area contributed by atoms with Crippen molar-refractivity contribution in [1.82, 2.24) is 14.8 Å². The molecule has 1 radical (unpaired) electrons. The summed E-state index contributed by atoms with van der Waals surface area (Å²) in [4.78, 5) is 4.58. The summed E-state index contributed by atoms with van der Waals surface area (Å²) in [5.74, 6) is 1.83. The molecular weight excluding hydrogens is 414 g/mol. The van der Waals surface area contributed by atoms with Crippen LogP contribution in [0.1, 0.15) is 44.0 Å². The van der Waals surface area contributed by atoms with Gasteiger partial charge in [-0.3, -0.25) is 9.67 Å². The van der Waals surface area contributed by atoms with Crippen LogP contribution in [0.5, 0.6) is 0 Å². The molecule has 0 amide bonds. The van der Waals surface area contributed by atoms with Gasteiger partial charge in [-0.2, -0.15) is 5.10 Å². The van der Waals surface area contributed by atoms with Gasteiger partial charge in [0, 0.05) is 26.1 Å². The summed E-state index contributed by atoms with van der Waals surface area (Å²) in [6.07, 6.45) is 6.42. The minimum absolute atomic E-state index is 0. The first-order chi connectivity index (χ1) is 8.84. The molecule has 1 saturated carbocycles. The Morgan fingerprint density at radius 3 is 2.68 bits per heavy atom. The van der Waals surface area contributed by atoms with E-state index in [4.69, 9.17) is 0 Å². The van der Waals surface area contributed by atoms with Crippen molar-refractivity contribution in [2.45, 2.75) is 45.1 Å². The molecule has 1 heterocycles. The third kappa shape index (κ3) is 3.13. The fourth-order valence-electron chi connectivity index (χ4n) is 2.73. The third-order valence-electron chi connectivity index (χ3n) is 3.61. The second-order valence-electron chi connectivity index (χ2n) is 5.00. The molecule has 103 valence electrons. The molecule has 0 unspecified atom stereocenters. The van der Waals surface area contributed by atoms with Crippen LogP contribution in [0.3, 0.4) is 0 Å². The summed E-state index contributed by atoms with van der Waals surface area (Å²) in [6, 6.07) is 11.8. The summed E-state index contributed by atoms with van der Waals surface area (Å²) in [7, 11) is 0. The molecule has 0 spiro atoms. The summed E-state index contributed by atoms with van der Waals surface area (Å²) in [5, 5.41) is 4.60. The fourth-order valence-corrected chi connectivity index (χ4v) is 2.73. The van der Waals surface area contributed by atoms with E-state index in [0.717, 1.165) is 17.2 Å². The quantitative estimate of drug-likeness (QED) is 0.680. The zero-order valence-corrected chi connectivity index (χ0v) is 13.5. The third-order valence-corrected chi connectivity index (χ3v) is 3.61. The Balaban J connectivity index is 0.00000133. The van der Waals surface area contributed by atoms with Gasteiger partial charge in [0.15, 0.2) is 0 Å². The largest absolute Gasteiger partial charge is 0.283 e. The molecular formula is C15H18IrN3-. The van der Waals surface area contributed by atoms with Gasteiger partial charge in [0.25, 0.3) is 0 Å². The van der Waals surface area contributed by atoms with Crippen LogP contribution < -0.4 is 0 Å². The van der Waals surface area contributed by atoms with Crippen LogP contribution in [-0.2, 0) is 20.1 Å². The Bertz CT molecular complexity index is 515. The maximum absolute atomic E-state index is 4.60. The number of nitrogens with zero attached hydrogens (tertiary/aromatic N) is 3. The number of hydrogen-bond donors (Lipinski definition) is 0. The van der Waals surface area contributed by atoms with Crippen LogP contribution in [-0.4, -0.2) is 14.8 Å². The molecule has 1 aromatic carbocycles. The van der Waals surface area contributed by atoms with Crippen molar-refractivity contribution < 1.29 is 20.1 Å². The molecule has 2 aromatic rings. The molecule has 19 heavy (non-hydrogen) atoms. The Morgan fingerprint density at radius 1 is 1.21 bits per heavy atom. The molecule has 1 fully saturated rings. The number of aryl methyl sites for hydroxylation is 1. The minimum atomic E-state index is 0. The van der Waals surface area contributed by atoms with Crippen molar-refractivity contribution in [2.24, 2.45) is 0 Å². The van der Waals surface area contributed by atoms with E-state index in [1.165, 1.54) is 32.1 Å². The molecule has 0 saturated heterocycles. The van der Waals surface area contributed by atoms with E-state index in [-0.39, 0.29) is 20.1 Å². The van der Waals surface area contributed by atoms with E-state index < -0.39 is 0 Å². The van der Waals surface area contributed by atoms with Crippen molar-refractivity contribution in [3.05, 3.63) is 36.2 Å². The van der Waals surface area contributed by atoms with Gasteiger partial charge in [0.2, 0.25) is 0 Å². The van der Waals surface area contributed by atoms with E-state index in [2.05, 4.69) is 26.9 Å². The molecule has 0 bridgehead atoms. The van der Waals surface area contributed by atoms with Crippen molar-refractivity contribution >= 4 is 0 Å². The standard InChI is InChI=1S/C15H18N3.Ir/c1-12-16-15(13-8-4-2-5-9-13)18(17-12)14-10-6-3-7-11-14;/h2,4-5,8,14H,3,6-7,10-11H2,1H3;/q-1;. The van der Waals surface area contributed by atoms with E-state index in [9.17, 15) is 0 Å². The second kappa shape index (κ2) is 6.44. The molecule has 4 heteroatoms. The molecule has 0 aliphatic heterocycles. The Labute approximate surface area is 127 Å². The molecule has 1 aromatic heterocycles. The van der Waals surface area contributed by atoms with E-state index in [1.807, 2.05) is 25.1 Å². The summed E-state index contributed by atoms with van der Waals surface area (Å²) in [6.45, 7) is 1.96. The molecule has 0 atom stereocenters. The van der Waals surface area contributed by atoms with Gasteiger partial charge in [-0.25, -0.2) is 0 Å². The Morgan fingerprint density at radius 2 is 2.00 bits per heavy atom. The molecule has 3 rings (SSSR count). The van der Waals surface area contributed by atoms with Gasteiger partial charge >= 0.3 is 0 Å². The van der Waals surface area contributed by atoms with Crippen molar-refractivity contribution in [3.8, 4) is 11.4 Å². The maximum atomic E-state index is 4.60. The average Bonchev–Trinajstić information content (AvgIpc) is 2.83. The predicted octanol–water partition coefficient (Wildman–Crippen LogP) is 3.56. The number of aromatic nitrogens is 3.